The van der Waals surface area contributed by atoms with Gasteiger partial charge in [-0.1, -0.05) is 60.1 Å². The van der Waals surface area contributed by atoms with Crippen molar-refractivity contribution in [3.05, 3.63) is 65.2 Å². The molecule has 3 saturated heterocycles. The van der Waals surface area contributed by atoms with Crippen molar-refractivity contribution in [2.45, 2.75) is 43.5 Å². The smallest absolute Gasteiger partial charge is 0.296 e. The molecule has 5 heterocycles. The third-order valence-corrected chi connectivity index (χ3v) is 7.97. The Morgan fingerprint density at radius 3 is 2.35 bits per heavy atom. The summed E-state index contributed by atoms with van der Waals surface area (Å²) < 4.78 is 23.1. The Morgan fingerprint density at radius 1 is 0.838 bits per heavy atom. The van der Waals surface area contributed by atoms with E-state index >= 15 is 0 Å². The molecule has 3 fully saturated rings. The molecular weight excluding hydrogens is 490 g/mol. The van der Waals surface area contributed by atoms with E-state index in [0.717, 1.165) is 49.1 Å². The summed E-state index contributed by atoms with van der Waals surface area (Å²) in [5.41, 5.74) is 6.66. The van der Waals surface area contributed by atoms with Crippen LogP contribution in [0, 0.1) is 0 Å². The second-order valence-corrected chi connectivity index (χ2v) is 10.4. The highest BCUT2D eigenvalue weighted by Gasteiger charge is 2.43. The van der Waals surface area contributed by atoms with Gasteiger partial charge in [0.15, 0.2) is 11.8 Å². The second kappa shape index (κ2) is 9.72. The van der Waals surface area contributed by atoms with Crippen LogP contribution in [0.1, 0.15) is 30.7 Å². The number of halogens is 1. The van der Waals surface area contributed by atoms with E-state index in [2.05, 4.69) is 58.5 Å². The molecule has 0 spiro atoms. The minimum atomic E-state index is -0.179. The third-order valence-electron chi connectivity index (χ3n) is 7.68. The largest absolute Gasteiger partial charge is 0.456 e. The summed E-state index contributed by atoms with van der Waals surface area (Å²) in [6.45, 7) is 2.91. The number of hydrogen-bond acceptors (Lipinski definition) is 6. The van der Waals surface area contributed by atoms with Gasteiger partial charge in [0.2, 0.25) is 0 Å². The van der Waals surface area contributed by atoms with Gasteiger partial charge in [-0.25, -0.2) is 4.98 Å². The number of nitrogens with zero attached hydrogens (tertiary/aromatic N) is 2. The molecule has 7 nitrogen and oxygen atoms in total. The molecule has 0 bridgehead atoms. The van der Waals surface area contributed by atoms with Gasteiger partial charge in [0.25, 0.3) is 6.01 Å². The Labute approximate surface area is 220 Å². The number of H-pyrrole nitrogens is 1. The van der Waals surface area contributed by atoms with Crippen molar-refractivity contribution in [3.8, 4) is 28.4 Å². The van der Waals surface area contributed by atoms with E-state index in [1.807, 2.05) is 6.07 Å². The summed E-state index contributed by atoms with van der Waals surface area (Å²) >= 11 is 6.64. The van der Waals surface area contributed by atoms with E-state index in [-0.39, 0.29) is 18.3 Å². The van der Waals surface area contributed by atoms with Crippen molar-refractivity contribution >= 4 is 22.8 Å². The molecule has 3 aliphatic rings. The quantitative estimate of drug-likeness (QED) is 0.362. The molecule has 2 aromatic heterocycles. The van der Waals surface area contributed by atoms with Crippen molar-refractivity contribution in [2.24, 2.45) is 0 Å². The average molecular weight is 518 g/mol. The molecule has 37 heavy (non-hydrogen) atoms. The van der Waals surface area contributed by atoms with Gasteiger partial charge in [-0.2, -0.15) is 4.98 Å². The van der Waals surface area contributed by atoms with E-state index < -0.39 is 0 Å². The molecule has 0 radical (unpaired) electrons. The highest BCUT2D eigenvalue weighted by Crippen LogP contribution is 2.34. The summed E-state index contributed by atoms with van der Waals surface area (Å²) in [7, 11) is 0. The van der Waals surface area contributed by atoms with Gasteiger partial charge in [-0.3, -0.25) is 0 Å². The molecule has 0 saturated carbocycles. The van der Waals surface area contributed by atoms with Crippen LogP contribution in [0.3, 0.4) is 0 Å². The van der Waals surface area contributed by atoms with Crippen LogP contribution < -0.4 is 4.74 Å². The van der Waals surface area contributed by atoms with Crippen molar-refractivity contribution in [2.75, 3.05) is 26.4 Å². The van der Waals surface area contributed by atoms with Gasteiger partial charge in [-0.15, -0.1) is 0 Å². The summed E-state index contributed by atoms with van der Waals surface area (Å²) in [4.78, 5) is 12.5. The number of rotatable bonds is 5. The highest BCUT2D eigenvalue weighted by molar-refractivity contribution is 6.33. The molecule has 190 valence electrons. The Bertz CT molecular complexity index is 1400. The zero-order valence-corrected chi connectivity index (χ0v) is 21.1. The molecule has 3 atom stereocenters. The van der Waals surface area contributed by atoms with Crippen LogP contribution in [-0.4, -0.2) is 59.7 Å². The average Bonchev–Trinajstić information content (AvgIpc) is 3.66. The Morgan fingerprint density at radius 2 is 1.57 bits per heavy atom. The summed E-state index contributed by atoms with van der Waals surface area (Å²) in [5.74, 6) is 0.598. The lowest BCUT2D eigenvalue weighted by atomic mass is 9.90. The van der Waals surface area contributed by atoms with E-state index in [1.165, 1.54) is 11.1 Å². The minimum Gasteiger partial charge on any atom is -0.456 e. The van der Waals surface area contributed by atoms with Crippen LogP contribution in [0.15, 0.2) is 54.6 Å². The van der Waals surface area contributed by atoms with Crippen molar-refractivity contribution in [1.82, 2.24) is 15.0 Å². The number of imidazole rings is 1. The number of hydrogen-bond donors (Lipinski definition) is 1. The molecule has 0 aliphatic carbocycles. The lowest BCUT2D eigenvalue weighted by Gasteiger charge is -2.22. The first kappa shape index (κ1) is 23.2. The number of benzene rings is 2. The Kier molecular flexibility index (Phi) is 6.09. The summed E-state index contributed by atoms with van der Waals surface area (Å²) in [6.07, 6.45) is 2.99. The normalized spacial score (nSPS) is 24.0. The maximum atomic E-state index is 6.64. The fraction of sp³-hybridized carbons (Fsp3) is 0.379. The van der Waals surface area contributed by atoms with E-state index in [9.17, 15) is 0 Å². The van der Waals surface area contributed by atoms with Gasteiger partial charge >= 0.3 is 0 Å². The molecule has 0 unspecified atom stereocenters. The lowest BCUT2D eigenvalue weighted by molar-refractivity contribution is 0.0273. The first-order chi connectivity index (χ1) is 18.2. The van der Waals surface area contributed by atoms with Gasteiger partial charge in [0.1, 0.15) is 6.10 Å². The number of aromatic amines is 1. The fourth-order valence-electron chi connectivity index (χ4n) is 5.63. The Balaban J connectivity index is 1.09. The third kappa shape index (κ3) is 4.50. The highest BCUT2D eigenvalue weighted by atomic mass is 35.5. The zero-order valence-electron chi connectivity index (χ0n) is 20.4. The van der Waals surface area contributed by atoms with Crippen molar-refractivity contribution in [1.29, 1.82) is 0 Å². The molecule has 0 amide bonds. The predicted molar refractivity (Wildman–Crippen MR) is 141 cm³/mol. The number of fused-ring (bicyclic) bond motifs is 2. The van der Waals surface area contributed by atoms with Crippen LogP contribution in [0.2, 0.25) is 5.02 Å². The predicted octanol–water partition coefficient (Wildman–Crippen LogP) is 5.77. The standard InChI is InChI=1S/C29H28ClN3O4/c30-22-15-23-28(33-29(31-23)37-25-16-36-24-11-14-35-27(24)25)32-26(22)21-7-5-18(6-8-21)17-1-3-19(4-2-17)20-9-12-34-13-10-20/h1-8,15,20,24-25,27H,9-14,16H2,(H,31,32,33)/t24-,25-,27+/m1/s1. The molecule has 7 rings (SSSR count). The van der Waals surface area contributed by atoms with Gasteiger partial charge in [-0.05, 0) is 47.9 Å². The fourth-order valence-corrected chi connectivity index (χ4v) is 5.89. The maximum Gasteiger partial charge on any atom is 0.296 e. The zero-order chi connectivity index (χ0) is 24.8. The first-order valence-corrected chi connectivity index (χ1v) is 13.3. The van der Waals surface area contributed by atoms with E-state index in [1.54, 1.807) is 0 Å². The molecule has 4 aromatic rings. The summed E-state index contributed by atoms with van der Waals surface area (Å²) in [6, 6.07) is 19.5. The monoisotopic (exact) mass is 517 g/mol. The van der Waals surface area contributed by atoms with Crippen molar-refractivity contribution < 1.29 is 18.9 Å². The number of nitrogens with one attached hydrogen (secondary N) is 1. The lowest BCUT2D eigenvalue weighted by Crippen LogP contribution is -2.32. The van der Waals surface area contributed by atoms with Crippen LogP contribution in [0.5, 0.6) is 6.01 Å². The van der Waals surface area contributed by atoms with Gasteiger partial charge < -0.3 is 23.9 Å². The maximum absolute atomic E-state index is 6.64. The van der Waals surface area contributed by atoms with E-state index in [0.29, 0.717) is 41.5 Å². The number of pyridine rings is 1. The minimum absolute atomic E-state index is 0.0445. The first-order valence-electron chi connectivity index (χ1n) is 13.0. The SMILES string of the molecule is Clc1cc2[nH]c(O[C@@H]3CO[C@@H]4CCO[C@@H]43)nc2nc1-c1ccc(-c2ccc(C3CCOCC3)cc2)cc1. The molecule has 3 aliphatic heterocycles. The molecular formula is C29H28ClN3O4. The van der Waals surface area contributed by atoms with Gasteiger partial charge in [0, 0.05) is 25.4 Å². The Hall–Kier alpha value is -2.97. The summed E-state index contributed by atoms with van der Waals surface area (Å²) in [5, 5.41) is 0.555. The topological polar surface area (TPSA) is 78.5 Å². The van der Waals surface area contributed by atoms with Crippen LogP contribution in [0.25, 0.3) is 33.5 Å². The van der Waals surface area contributed by atoms with Crippen LogP contribution in [0.4, 0.5) is 0 Å². The van der Waals surface area contributed by atoms with Crippen LogP contribution >= 0.6 is 11.6 Å². The molecule has 1 N–H and O–H groups in total. The van der Waals surface area contributed by atoms with Gasteiger partial charge in [0.05, 0.1) is 28.9 Å². The number of ether oxygens (including phenoxy) is 4. The molecule has 8 heteroatoms. The van der Waals surface area contributed by atoms with E-state index in [4.69, 9.17) is 35.5 Å². The van der Waals surface area contributed by atoms with Crippen molar-refractivity contribution in [3.63, 3.8) is 0 Å². The second-order valence-electron chi connectivity index (χ2n) is 9.97. The van der Waals surface area contributed by atoms with Crippen LogP contribution in [-0.2, 0) is 14.2 Å². The molecule has 2 aromatic carbocycles. The number of aromatic nitrogens is 3.